The molecule has 45 heavy (non-hydrogen) atoms. The number of benzene rings is 2. The van der Waals surface area contributed by atoms with E-state index < -0.39 is 0 Å². The molecule has 0 aliphatic carbocycles. The lowest BCUT2D eigenvalue weighted by Gasteiger charge is -2.54. The lowest BCUT2D eigenvalue weighted by atomic mass is 9.59. The van der Waals surface area contributed by atoms with Crippen LogP contribution in [-0.4, -0.2) is 47.6 Å². The van der Waals surface area contributed by atoms with Crippen molar-refractivity contribution in [3.63, 3.8) is 0 Å². The van der Waals surface area contributed by atoms with Gasteiger partial charge < -0.3 is 0 Å². The first kappa shape index (κ1) is 37.8. The van der Waals surface area contributed by atoms with E-state index in [0.717, 1.165) is 26.2 Å². The Morgan fingerprint density at radius 2 is 0.911 bits per heavy atom. The molecule has 2 aromatic rings. The zero-order valence-corrected chi connectivity index (χ0v) is 32.8. The van der Waals surface area contributed by atoms with E-state index in [1.54, 1.807) is 0 Å². The Labute approximate surface area is 280 Å². The van der Waals surface area contributed by atoms with Gasteiger partial charge in [-0.05, 0) is 71.1 Å². The Balaban J connectivity index is 1.72. The van der Waals surface area contributed by atoms with Crippen molar-refractivity contribution >= 4 is 0 Å². The van der Waals surface area contributed by atoms with Gasteiger partial charge in [-0.25, -0.2) is 0 Å². The van der Waals surface area contributed by atoms with Crippen LogP contribution in [0.15, 0.2) is 48.5 Å². The summed E-state index contributed by atoms with van der Waals surface area (Å²) in [4.78, 5) is 5.50. The minimum atomic E-state index is 0.0265. The van der Waals surface area contributed by atoms with Crippen LogP contribution in [-0.2, 0) is 21.7 Å². The van der Waals surface area contributed by atoms with Crippen molar-refractivity contribution in [2.45, 2.75) is 157 Å². The second kappa shape index (κ2) is 13.1. The summed E-state index contributed by atoms with van der Waals surface area (Å²) in [5.74, 6) is 1.27. The van der Waals surface area contributed by atoms with Crippen LogP contribution in [0.4, 0.5) is 0 Å². The van der Waals surface area contributed by atoms with Crippen LogP contribution < -0.4 is 0 Å². The third kappa shape index (κ3) is 6.85. The normalized spacial score (nSPS) is 18.4. The van der Waals surface area contributed by atoms with Crippen LogP contribution in [0.3, 0.4) is 0 Å². The van der Waals surface area contributed by atoms with Crippen LogP contribution in [0.5, 0.6) is 0 Å². The predicted octanol–water partition coefficient (Wildman–Crippen LogP) is 11.0. The molecule has 1 aliphatic heterocycles. The molecule has 0 saturated carbocycles. The van der Waals surface area contributed by atoms with Gasteiger partial charge in [0.2, 0.25) is 0 Å². The molecule has 0 bridgehead atoms. The van der Waals surface area contributed by atoms with Gasteiger partial charge >= 0.3 is 0 Å². The van der Waals surface area contributed by atoms with Gasteiger partial charge in [-0.15, -0.1) is 0 Å². The molecule has 2 nitrogen and oxygen atoms in total. The van der Waals surface area contributed by atoms with Crippen LogP contribution in [0.25, 0.3) is 0 Å². The molecular weight excluding hydrogens is 544 g/mol. The average molecular weight is 617 g/mol. The minimum Gasteiger partial charge on any atom is -0.297 e. The second-order valence-electron chi connectivity index (χ2n) is 18.3. The van der Waals surface area contributed by atoms with E-state index in [1.165, 1.54) is 28.7 Å². The summed E-state index contributed by atoms with van der Waals surface area (Å²) >= 11 is 0. The summed E-state index contributed by atoms with van der Waals surface area (Å²) in [5, 5.41) is 0. The largest absolute Gasteiger partial charge is 0.297 e. The lowest BCUT2D eigenvalue weighted by Crippen LogP contribution is -2.63. The summed E-state index contributed by atoms with van der Waals surface area (Å²) in [6, 6.07) is 19.8. The van der Waals surface area contributed by atoms with Crippen LogP contribution >= 0.6 is 0 Å². The maximum Gasteiger partial charge on any atom is 0.0245 e. The third-order valence-corrected chi connectivity index (χ3v) is 14.8. The zero-order valence-electron chi connectivity index (χ0n) is 32.8. The molecule has 3 rings (SSSR count). The first-order valence-corrected chi connectivity index (χ1v) is 18.2. The van der Waals surface area contributed by atoms with Crippen molar-refractivity contribution in [3.05, 3.63) is 70.8 Å². The monoisotopic (exact) mass is 617 g/mol. The maximum atomic E-state index is 2.76. The van der Waals surface area contributed by atoms with Gasteiger partial charge in [0.25, 0.3) is 0 Å². The standard InChI is InChI=1S/C43H72N2/c1-18-32(4)38(6,7)34-19-25-37(26-20-34)42(14,15)43(16,17)45-29-27-44(28-30-45)33(5)39(8,9)35-21-23-36(24-22-35)41(12,13)40(10,11)31(2)3/h19-26,31-33H,18,27-30H2,1-17H3. The Kier molecular flexibility index (Phi) is 11.0. The van der Waals surface area contributed by atoms with Crippen molar-refractivity contribution in [2.75, 3.05) is 26.2 Å². The summed E-state index contributed by atoms with van der Waals surface area (Å²) in [6.45, 7) is 45.5. The fourth-order valence-corrected chi connectivity index (χ4v) is 7.64. The molecule has 1 saturated heterocycles. The quantitative estimate of drug-likeness (QED) is 0.234. The van der Waals surface area contributed by atoms with Crippen LogP contribution in [0, 0.1) is 17.3 Å². The van der Waals surface area contributed by atoms with Gasteiger partial charge in [-0.3, -0.25) is 9.80 Å². The highest BCUT2D eigenvalue weighted by atomic mass is 15.3. The maximum absolute atomic E-state index is 2.76. The first-order valence-electron chi connectivity index (χ1n) is 18.2. The zero-order chi connectivity index (χ0) is 34.4. The molecule has 0 amide bonds. The smallest absolute Gasteiger partial charge is 0.0245 e. The Morgan fingerprint density at radius 1 is 0.533 bits per heavy atom. The topological polar surface area (TPSA) is 6.48 Å². The van der Waals surface area contributed by atoms with E-state index in [1.807, 2.05) is 0 Å². The van der Waals surface area contributed by atoms with E-state index in [9.17, 15) is 0 Å². The number of piperazine rings is 1. The molecule has 1 aliphatic rings. The summed E-state index contributed by atoms with van der Waals surface area (Å²) in [7, 11) is 0. The molecule has 0 aromatic heterocycles. The van der Waals surface area contributed by atoms with Crippen molar-refractivity contribution in [1.82, 2.24) is 9.80 Å². The van der Waals surface area contributed by atoms with Gasteiger partial charge in [-0.1, -0.05) is 152 Å². The number of rotatable bonds is 12. The molecule has 2 aromatic carbocycles. The van der Waals surface area contributed by atoms with Gasteiger partial charge in [0, 0.05) is 48.6 Å². The van der Waals surface area contributed by atoms with Gasteiger partial charge in [-0.2, -0.15) is 0 Å². The Morgan fingerprint density at radius 3 is 1.31 bits per heavy atom. The van der Waals surface area contributed by atoms with Gasteiger partial charge in [0.1, 0.15) is 0 Å². The van der Waals surface area contributed by atoms with Crippen molar-refractivity contribution in [3.8, 4) is 0 Å². The van der Waals surface area contributed by atoms with Crippen LogP contribution in [0.1, 0.15) is 146 Å². The molecule has 2 unspecified atom stereocenters. The molecule has 0 radical (unpaired) electrons. The molecule has 1 heterocycles. The van der Waals surface area contributed by atoms with Crippen molar-refractivity contribution in [1.29, 1.82) is 0 Å². The highest BCUT2D eigenvalue weighted by Crippen LogP contribution is 2.47. The van der Waals surface area contributed by atoms with Crippen molar-refractivity contribution in [2.24, 2.45) is 17.3 Å². The first-order chi connectivity index (χ1) is 20.5. The van der Waals surface area contributed by atoms with Crippen molar-refractivity contribution < 1.29 is 0 Å². The fourth-order valence-electron chi connectivity index (χ4n) is 7.64. The summed E-state index contributed by atoms with van der Waals surface area (Å²) in [6.07, 6.45) is 1.20. The Bertz CT molecular complexity index is 1230. The van der Waals surface area contributed by atoms with E-state index in [-0.39, 0.29) is 32.6 Å². The molecule has 0 spiro atoms. The van der Waals surface area contributed by atoms with Gasteiger partial charge in [0.15, 0.2) is 0 Å². The second-order valence-corrected chi connectivity index (χ2v) is 18.3. The molecule has 1 fully saturated rings. The van der Waals surface area contributed by atoms with Gasteiger partial charge in [0.05, 0.1) is 0 Å². The molecule has 254 valence electrons. The van der Waals surface area contributed by atoms with Crippen LogP contribution in [0.2, 0.25) is 0 Å². The highest BCUT2D eigenvalue weighted by Gasteiger charge is 2.45. The predicted molar refractivity (Wildman–Crippen MR) is 200 cm³/mol. The number of hydrogen-bond acceptors (Lipinski definition) is 2. The summed E-state index contributed by atoms with van der Waals surface area (Å²) < 4.78 is 0. The van der Waals surface area contributed by atoms with E-state index in [0.29, 0.717) is 17.9 Å². The molecule has 0 N–H and O–H groups in total. The fraction of sp³-hybridized carbons (Fsp3) is 0.721. The Hall–Kier alpha value is -1.64. The van der Waals surface area contributed by atoms with E-state index in [4.69, 9.17) is 0 Å². The average Bonchev–Trinajstić information content (AvgIpc) is 2.99. The third-order valence-electron chi connectivity index (χ3n) is 14.8. The summed E-state index contributed by atoms with van der Waals surface area (Å²) in [5.41, 5.74) is 6.44. The number of nitrogens with zero attached hydrogens (tertiary/aromatic N) is 2. The molecule has 2 atom stereocenters. The SMILES string of the molecule is CCC(C)C(C)(C)c1ccc(C(C)(C)C(C)(C)N2CCN(C(C)C(C)(C)c3ccc(C(C)(C)C(C)(C)C(C)C)cc3)CC2)cc1. The number of hydrogen-bond donors (Lipinski definition) is 0. The molecule has 2 heteroatoms. The molecular formula is C43H72N2. The minimum absolute atomic E-state index is 0.0265. The van der Waals surface area contributed by atoms with E-state index in [2.05, 4.69) is 176 Å². The van der Waals surface area contributed by atoms with E-state index >= 15 is 0 Å². The lowest BCUT2D eigenvalue weighted by molar-refractivity contribution is -0.00737. The highest BCUT2D eigenvalue weighted by molar-refractivity contribution is 5.36.